The van der Waals surface area contributed by atoms with Gasteiger partial charge in [-0.15, -0.1) is 0 Å². The van der Waals surface area contributed by atoms with Gasteiger partial charge < -0.3 is 29.9 Å². The molecule has 0 aliphatic carbocycles. The minimum atomic E-state index is -0.337. The molecule has 2 amide bonds. The van der Waals surface area contributed by atoms with Gasteiger partial charge in [-0.2, -0.15) is 0 Å². The van der Waals surface area contributed by atoms with Crippen LogP contribution in [0.1, 0.15) is 19.3 Å². The van der Waals surface area contributed by atoms with Crippen LogP contribution >= 0.6 is 0 Å². The quantitative estimate of drug-likeness (QED) is 0.446. The summed E-state index contributed by atoms with van der Waals surface area (Å²) in [5.41, 5.74) is 1.36. The van der Waals surface area contributed by atoms with Gasteiger partial charge in [-0.05, 0) is 68.6 Å². The second-order valence-electron chi connectivity index (χ2n) is 9.48. The maximum absolute atomic E-state index is 13.1. The third kappa shape index (κ3) is 6.02. The number of piperazine rings is 1. The van der Waals surface area contributed by atoms with E-state index in [9.17, 15) is 9.18 Å². The summed E-state index contributed by atoms with van der Waals surface area (Å²) in [6.45, 7) is 5.18. The molecule has 2 saturated heterocycles. The highest BCUT2D eigenvalue weighted by molar-refractivity contribution is 5.92. The van der Waals surface area contributed by atoms with Crippen LogP contribution in [-0.2, 0) is 0 Å². The summed E-state index contributed by atoms with van der Waals surface area (Å²) in [5, 5.41) is 7.11. The summed E-state index contributed by atoms with van der Waals surface area (Å²) in [4.78, 5) is 25.6. The van der Waals surface area contributed by atoms with Crippen LogP contribution in [0, 0.1) is 11.7 Å². The molecule has 10 heteroatoms. The Kier molecular flexibility index (Phi) is 7.84. The van der Waals surface area contributed by atoms with Crippen LogP contribution in [0.5, 0.6) is 11.5 Å². The van der Waals surface area contributed by atoms with Crippen LogP contribution in [0.4, 0.5) is 20.7 Å². The lowest BCUT2D eigenvalue weighted by Gasteiger charge is -2.35. The van der Waals surface area contributed by atoms with Gasteiger partial charge in [-0.1, -0.05) is 0 Å². The largest absolute Gasteiger partial charge is 0.493 e. The van der Waals surface area contributed by atoms with Gasteiger partial charge in [0.25, 0.3) is 0 Å². The normalized spacial score (nSPS) is 17.7. The zero-order valence-corrected chi connectivity index (χ0v) is 21.1. The Morgan fingerprint density at radius 1 is 1.14 bits per heavy atom. The van der Waals surface area contributed by atoms with E-state index in [4.69, 9.17) is 9.47 Å². The molecule has 0 radical (unpaired) electrons. The van der Waals surface area contributed by atoms with Crippen LogP contribution in [0.3, 0.4) is 0 Å². The number of anilines is 2. The zero-order valence-electron chi connectivity index (χ0n) is 21.1. The minimum Gasteiger partial charge on any atom is -0.493 e. The van der Waals surface area contributed by atoms with Crippen molar-refractivity contribution in [3.63, 3.8) is 0 Å². The standard InChI is InChI=1S/C27H33FN6O3/c1-36-24-15-22-23(16-25(24)37-14-2-3-19-8-9-29-17-19)30-18-31-26(22)33-10-12-34(13-11-33)27(35)32-21-6-4-20(28)5-7-21/h4-7,15-16,18-19,29H,2-3,8-14,17H2,1H3,(H,32,35). The van der Waals surface area contributed by atoms with Crippen molar-refractivity contribution in [1.82, 2.24) is 20.2 Å². The molecular weight excluding hydrogens is 475 g/mol. The number of benzene rings is 2. The van der Waals surface area contributed by atoms with Crippen LogP contribution in [-0.4, -0.2) is 73.9 Å². The van der Waals surface area contributed by atoms with Crippen LogP contribution in [0.15, 0.2) is 42.7 Å². The Morgan fingerprint density at radius 2 is 1.95 bits per heavy atom. The fourth-order valence-electron chi connectivity index (χ4n) is 4.95. The van der Waals surface area contributed by atoms with E-state index in [1.54, 1.807) is 30.5 Å². The van der Waals surface area contributed by atoms with E-state index < -0.39 is 0 Å². The Morgan fingerprint density at radius 3 is 2.68 bits per heavy atom. The molecule has 1 unspecified atom stereocenters. The SMILES string of the molecule is COc1cc2c(N3CCN(C(=O)Nc4ccc(F)cc4)CC3)ncnc2cc1OCCCC1CCNC1. The van der Waals surface area contributed by atoms with Crippen molar-refractivity contribution < 1.29 is 18.7 Å². The first-order valence-electron chi connectivity index (χ1n) is 12.8. The Hall–Kier alpha value is -3.66. The van der Waals surface area contributed by atoms with E-state index in [0.29, 0.717) is 50.0 Å². The van der Waals surface area contributed by atoms with Crippen molar-refractivity contribution in [3.05, 3.63) is 48.5 Å². The topological polar surface area (TPSA) is 91.9 Å². The molecule has 0 spiro atoms. The van der Waals surface area contributed by atoms with Crippen LogP contribution < -0.4 is 25.0 Å². The third-order valence-electron chi connectivity index (χ3n) is 7.04. The van der Waals surface area contributed by atoms with Gasteiger partial charge in [0.15, 0.2) is 11.5 Å². The number of nitrogens with zero attached hydrogens (tertiary/aromatic N) is 4. The molecular formula is C27H33FN6O3. The number of halogens is 1. The summed E-state index contributed by atoms with van der Waals surface area (Å²) < 4.78 is 24.9. The van der Waals surface area contributed by atoms with Gasteiger partial charge in [0.1, 0.15) is 18.0 Å². The fourth-order valence-corrected chi connectivity index (χ4v) is 4.95. The fraction of sp³-hybridized carbons (Fsp3) is 0.444. The number of fused-ring (bicyclic) bond motifs is 1. The number of hydrogen-bond donors (Lipinski definition) is 2. The highest BCUT2D eigenvalue weighted by atomic mass is 19.1. The van der Waals surface area contributed by atoms with Crippen molar-refractivity contribution >= 4 is 28.4 Å². The summed E-state index contributed by atoms with van der Waals surface area (Å²) in [6, 6.07) is 9.41. The summed E-state index contributed by atoms with van der Waals surface area (Å²) in [5.74, 6) is 2.56. The van der Waals surface area contributed by atoms with E-state index in [0.717, 1.165) is 48.6 Å². The molecule has 1 aromatic heterocycles. The second kappa shape index (κ2) is 11.6. The molecule has 9 nitrogen and oxygen atoms in total. The molecule has 3 heterocycles. The van der Waals surface area contributed by atoms with Gasteiger partial charge in [-0.25, -0.2) is 19.2 Å². The summed E-state index contributed by atoms with van der Waals surface area (Å²) in [7, 11) is 1.64. The molecule has 2 fully saturated rings. The molecule has 196 valence electrons. The summed E-state index contributed by atoms with van der Waals surface area (Å²) >= 11 is 0. The Balaban J connectivity index is 1.22. The average Bonchev–Trinajstić information content (AvgIpc) is 3.45. The van der Waals surface area contributed by atoms with E-state index in [2.05, 4.69) is 25.5 Å². The number of ether oxygens (including phenoxy) is 2. The number of carbonyl (C=O) groups excluding carboxylic acids is 1. The number of carbonyl (C=O) groups is 1. The lowest BCUT2D eigenvalue weighted by molar-refractivity contribution is 0.208. The van der Waals surface area contributed by atoms with Gasteiger partial charge in [-0.3, -0.25) is 0 Å². The molecule has 5 rings (SSSR count). The number of amides is 2. The zero-order chi connectivity index (χ0) is 25.6. The highest BCUT2D eigenvalue weighted by Crippen LogP contribution is 2.35. The predicted molar refractivity (Wildman–Crippen MR) is 141 cm³/mol. The first-order valence-corrected chi connectivity index (χ1v) is 12.8. The molecule has 1 atom stereocenters. The summed E-state index contributed by atoms with van der Waals surface area (Å²) in [6.07, 6.45) is 4.96. The van der Waals surface area contributed by atoms with Crippen LogP contribution in [0.2, 0.25) is 0 Å². The number of rotatable bonds is 8. The minimum absolute atomic E-state index is 0.202. The van der Waals surface area contributed by atoms with E-state index in [1.807, 2.05) is 12.1 Å². The van der Waals surface area contributed by atoms with Crippen molar-refractivity contribution in [2.75, 3.05) is 63.2 Å². The van der Waals surface area contributed by atoms with Crippen molar-refractivity contribution in [1.29, 1.82) is 0 Å². The molecule has 2 aliphatic rings. The van der Waals surface area contributed by atoms with E-state index >= 15 is 0 Å². The Bertz CT molecular complexity index is 1210. The van der Waals surface area contributed by atoms with Crippen molar-refractivity contribution in [2.45, 2.75) is 19.3 Å². The monoisotopic (exact) mass is 508 g/mol. The maximum Gasteiger partial charge on any atom is 0.321 e. The predicted octanol–water partition coefficient (Wildman–Crippen LogP) is 3.90. The molecule has 2 aliphatic heterocycles. The average molecular weight is 509 g/mol. The molecule has 37 heavy (non-hydrogen) atoms. The number of urea groups is 1. The number of methoxy groups -OCH3 is 1. The van der Waals surface area contributed by atoms with Gasteiger partial charge >= 0.3 is 6.03 Å². The molecule has 2 aromatic carbocycles. The Labute approximate surface area is 216 Å². The third-order valence-corrected chi connectivity index (χ3v) is 7.04. The van der Waals surface area contributed by atoms with Crippen molar-refractivity contribution in [2.24, 2.45) is 5.92 Å². The number of nitrogens with one attached hydrogen (secondary N) is 2. The lowest BCUT2D eigenvalue weighted by Crippen LogP contribution is -2.50. The first-order chi connectivity index (χ1) is 18.1. The molecule has 0 saturated carbocycles. The van der Waals surface area contributed by atoms with Gasteiger partial charge in [0, 0.05) is 43.3 Å². The highest BCUT2D eigenvalue weighted by Gasteiger charge is 2.24. The van der Waals surface area contributed by atoms with E-state index in [-0.39, 0.29) is 11.8 Å². The second-order valence-corrected chi connectivity index (χ2v) is 9.48. The van der Waals surface area contributed by atoms with Gasteiger partial charge in [0.2, 0.25) is 0 Å². The molecule has 3 aromatic rings. The number of aromatic nitrogens is 2. The van der Waals surface area contributed by atoms with E-state index in [1.165, 1.54) is 18.6 Å². The van der Waals surface area contributed by atoms with Crippen molar-refractivity contribution in [3.8, 4) is 11.5 Å². The lowest BCUT2D eigenvalue weighted by atomic mass is 10.0. The smallest absolute Gasteiger partial charge is 0.321 e. The van der Waals surface area contributed by atoms with Crippen LogP contribution in [0.25, 0.3) is 10.9 Å². The first kappa shape index (κ1) is 25.0. The molecule has 2 N–H and O–H groups in total. The molecule has 0 bridgehead atoms. The maximum atomic E-state index is 13.1. The van der Waals surface area contributed by atoms with Gasteiger partial charge in [0.05, 0.1) is 19.2 Å². The number of hydrogen-bond acceptors (Lipinski definition) is 7.